The van der Waals surface area contributed by atoms with Crippen LogP contribution in [-0.2, 0) is 15.4 Å². The van der Waals surface area contributed by atoms with E-state index in [1.54, 1.807) is 0 Å². The third-order valence-corrected chi connectivity index (χ3v) is 6.87. The molecule has 29 heavy (non-hydrogen) atoms. The summed E-state index contributed by atoms with van der Waals surface area (Å²) in [5.74, 6) is -1.33. The van der Waals surface area contributed by atoms with Crippen molar-refractivity contribution in [2.24, 2.45) is 0 Å². The summed E-state index contributed by atoms with van der Waals surface area (Å²) in [6, 6.07) is 13.5. The topological polar surface area (TPSA) is 75.3 Å². The lowest BCUT2D eigenvalue weighted by atomic mass is 9.79. The number of sulfonamides is 1. The Morgan fingerprint density at radius 1 is 1.14 bits per heavy atom. The van der Waals surface area contributed by atoms with Crippen LogP contribution in [-0.4, -0.2) is 27.4 Å². The molecule has 0 aliphatic heterocycles. The molecular weight excluding hydrogens is 391 g/mol. The lowest BCUT2D eigenvalue weighted by Gasteiger charge is -2.30. The summed E-state index contributed by atoms with van der Waals surface area (Å²) in [7, 11) is -4.07. The predicted octanol–water partition coefficient (Wildman–Crippen LogP) is 3.53. The van der Waals surface area contributed by atoms with Crippen LogP contribution in [0.25, 0.3) is 0 Å². The summed E-state index contributed by atoms with van der Waals surface area (Å²) in [6.07, 6.45) is 5.51. The van der Waals surface area contributed by atoms with Gasteiger partial charge in [-0.2, -0.15) is 0 Å². The Hall–Kier alpha value is -2.51. The van der Waals surface area contributed by atoms with Gasteiger partial charge in [-0.3, -0.25) is 4.79 Å². The first-order valence-corrected chi connectivity index (χ1v) is 11.1. The Balaban J connectivity index is 1.79. The normalized spacial score (nSPS) is 15.8. The SMILES string of the molecule is C=CCNS(=O)(=O)c1cc(C(=O)NCC2(c3ccccc3)CCCC2)ccc1F. The Morgan fingerprint density at radius 2 is 1.83 bits per heavy atom. The quantitative estimate of drug-likeness (QED) is 0.647. The average molecular weight is 417 g/mol. The van der Waals surface area contributed by atoms with E-state index in [1.165, 1.54) is 17.7 Å². The summed E-state index contributed by atoms with van der Waals surface area (Å²) >= 11 is 0. The van der Waals surface area contributed by atoms with Crippen molar-refractivity contribution < 1.29 is 17.6 Å². The molecule has 7 heteroatoms. The van der Waals surface area contributed by atoms with Crippen LogP contribution >= 0.6 is 0 Å². The van der Waals surface area contributed by atoms with Crippen molar-refractivity contribution >= 4 is 15.9 Å². The molecule has 1 amide bonds. The number of carbonyl (C=O) groups excluding carboxylic acids is 1. The molecule has 2 aromatic rings. The van der Waals surface area contributed by atoms with Crippen LogP contribution < -0.4 is 10.0 Å². The van der Waals surface area contributed by atoms with Gasteiger partial charge < -0.3 is 5.32 Å². The molecule has 1 aliphatic carbocycles. The van der Waals surface area contributed by atoms with Crippen LogP contribution in [0.1, 0.15) is 41.6 Å². The van der Waals surface area contributed by atoms with E-state index >= 15 is 0 Å². The second kappa shape index (κ2) is 8.88. The van der Waals surface area contributed by atoms with Crippen molar-refractivity contribution in [3.63, 3.8) is 0 Å². The van der Waals surface area contributed by atoms with Gasteiger partial charge in [-0.15, -0.1) is 6.58 Å². The molecule has 3 rings (SSSR count). The zero-order valence-electron chi connectivity index (χ0n) is 16.2. The first-order valence-electron chi connectivity index (χ1n) is 9.62. The highest BCUT2D eigenvalue weighted by molar-refractivity contribution is 7.89. The zero-order chi connectivity index (χ0) is 20.9. The van der Waals surface area contributed by atoms with Gasteiger partial charge in [0.05, 0.1) is 0 Å². The smallest absolute Gasteiger partial charge is 0.251 e. The molecule has 0 bridgehead atoms. The average Bonchev–Trinajstić information content (AvgIpc) is 3.21. The van der Waals surface area contributed by atoms with E-state index in [9.17, 15) is 17.6 Å². The van der Waals surface area contributed by atoms with Crippen LogP contribution in [0.3, 0.4) is 0 Å². The fourth-order valence-electron chi connectivity index (χ4n) is 3.86. The minimum absolute atomic E-state index is 0.0300. The van der Waals surface area contributed by atoms with E-state index in [4.69, 9.17) is 0 Å². The third kappa shape index (κ3) is 4.74. The molecule has 0 saturated heterocycles. The maximum atomic E-state index is 14.1. The second-order valence-electron chi connectivity index (χ2n) is 7.32. The molecule has 0 aromatic heterocycles. The number of carbonyl (C=O) groups is 1. The zero-order valence-corrected chi connectivity index (χ0v) is 17.0. The monoisotopic (exact) mass is 416 g/mol. The van der Waals surface area contributed by atoms with E-state index in [1.807, 2.05) is 18.2 Å². The molecule has 0 atom stereocenters. The van der Waals surface area contributed by atoms with Gasteiger partial charge in [0.1, 0.15) is 10.7 Å². The fourth-order valence-corrected chi connectivity index (χ4v) is 4.96. The lowest BCUT2D eigenvalue weighted by molar-refractivity contribution is 0.0943. The van der Waals surface area contributed by atoms with Crippen molar-refractivity contribution in [1.29, 1.82) is 0 Å². The van der Waals surface area contributed by atoms with Gasteiger partial charge in [0, 0.05) is 24.1 Å². The molecule has 154 valence electrons. The van der Waals surface area contributed by atoms with Crippen molar-refractivity contribution in [3.05, 3.63) is 78.1 Å². The van der Waals surface area contributed by atoms with E-state index in [0.717, 1.165) is 37.8 Å². The van der Waals surface area contributed by atoms with Crippen LogP contribution in [0.5, 0.6) is 0 Å². The minimum atomic E-state index is -4.07. The summed E-state index contributed by atoms with van der Waals surface area (Å²) in [5.41, 5.74) is 1.16. The maximum absolute atomic E-state index is 14.1. The molecule has 1 aliphatic rings. The maximum Gasteiger partial charge on any atom is 0.251 e. The summed E-state index contributed by atoms with van der Waals surface area (Å²) < 4.78 is 40.8. The van der Waals surface area contributed by atoms with Crippen LogP contribution in [0.15, 0.2) is 66.1 Å². The first-order chi connectivity index (χ1) is 13.9. The second-order valence-corrected chi connectivity index (χ2v) is 9.06. The molecule has 2 aromatic carbocycles. The highest BCUT2D eigenvalue weighted by Gasteiger charge is 2.35. The predicted molar refractivity (Wildman–Crippen MR) is 111 cm³/mol. The number of hydrogen-bond acceptors (Lipinski definition) is 3. The van der Waals surface area contributed by atoms with Crippen LogP contribution in [0.4, 0.5) is 4.39 Å². The van der Waals surface area contributed by atoms with Gasteiger partial charge >= 0.3 is 0 Å². The van der Waals surface area contributed by atoms with Gasteiger partial charge in [-0.1, -0.05) is 49.2 Å². The summed E-state index contributed by atoms with van der Waals surface area (Å²) in [5, 5.41) is 2.93. The molecule has 0 unspecified atom stereocenters. The molecular formula is C22H25FN2O3S. The first kappa shape index (κ1) is 21.2. The Bertz CT molecular complexity index is 984. The van der Waals surface area contributed by atoms with Crippen molar-refractivity contribution in [2.45, 2.75) is 36.0 Å². The fraction of sp³-hybridized carbons (Fsp3) is 0.318. The number of halogens is 1. The summed E-state index contributed by atoms with van der Waals surface area (Å²) in [4.78, 5) is 12.2. The summed E-state index contributed by atoms with van der Waals surface area (Å²) in [6.45, 7) is 3.85. The number of amides is 1. The number of hydrogen-bond donors (Lipinski definition) is 2. The Kier molecular flexibility index (Phi) is 6.49. The Labute approximate surface area is 171 Å². The van der Waals surface area contributed by atoms with Gasteiger partial charge in [0.25, 0.3) is 5.91 Å². The van der Waals surface area contributed by atoms with E-state index in [-0.39, 0.29) is 17.5 Å². The number of rotatable bonds is 8. The Morgan fingerprint density at radius 3 is 2.48 bits per heavy atom. The van der Waals surface area contributed by atoms with Crippen LogP contribution in [0, 0.1) is 5.82 Å². The lowest BCUT2D eigenvalue weighted by Crippen LogP contribution is -2.39. The molecule has 0 heterocycles. The standard InChI is InChI=1S/C22H25FN2O3S/c1-2-14-25-29(27,28)20-15-17(10-11-19(20)23)21(26)24-16-22(12-6-7-13-22)18-8-4-3-5-9-18/h2-5,8-11,15,25H,1,6-7,12-14,16H2,(H,24,26). The van der Waals surface area contributed by atoms with E-state index < -0.39 is 26.6 Å². The molecule has 2 N–H and O–H groups in total. The molecule has 1 saturated carbocycles. The molecule has 5 nitrogen and oxygen atoms in total. The molecule has 1 fully saturated rings. The molecule has 0 spiro atoms. The molecule has 0 radical (unpaired) electrons. The van der Waals surface area contributed by atoms with Gasteiger partial charge in [0.2, 0.25) is 10.0 Å². The van der Waals surface area contributed by atoms with E-state index in [0.29, 0.717) is 6.54 Å². The van der Waals surface area contributed by atoms with Gasteiger partial charge in [0.15, 0.2) is 0 Å². The highest BCUT2D eigenvalue weighted by atomic mass is 32.2. The number of nitrogens with one attached hydrogen (secondary N) is 2. The minimum Gasteiger partial charge on any atom is -0.351 e. The number of benzene rings is 2. The van der Waals surface area contributed by atoms with Crippen molar-refractivity contribution in [2.75, 3.05) is 13.1 Å². The highest BCUT2D eigenvalue weighted by Crippen LogP contribution is 2.40. The largest absolute Gasteiger partial charge is 0.351 e. The van der Waals surface area contributed by atoms with E-state index in [2.05, 4.69) is 28.8 Å². The van der Waals surface area contributed by atoms with Gasteiger partial charge in [-0.25, -0.2) is 17.5 Å². The third-order valence-electron chi connectivity index (χ3n) is 5.43. The van der Waals surface area contributed by atoms with Crippen molar-refractivity contribution in [1.82, 2.24) is 10.0 Å². The van der Waals surface area contributed by atoms with Crippen molar-refractivity contribution in [3.8, 4) is 0 Å². The van der Waals surface area contributed by atoms with Crippen LogP contribution in [0.2, 0.25) is 0 Å². The van der Waals surface area contributed by atoms with Gasteiger partial charge in [-0.05, 0) is 36.6 Å².